The number of aromatic hydroxyl groups is 2. The molecule has 1 amide bonds. The zero-order valence-corrected chi connectivity index (χ0v) is 19.3. The van der Waals surface area contributed by atoms with Gasteiger partial charge in [-0.05, 0) is 36.2 Å². The number of anilines is 4. The summed E-state index contributed by atoms with van der Waals surface area (Å²) in [5.41, 5.74) is 0.110. The summed E-state index contributed by atoms with van der Waals surface area (Å²) < 4.78 is 0. The predicted octanol–water partition coefficient (Wildman–Crippen LogP) is 4.28. The molecule has 0 spiro atoms. The first-order chi connectivity index (χ1) is 16.8. The number of benzene rings is 3. The number of nitrogens with one attached hydrogen (secondary N) is 2. The molecular formula is C27H25N3O5. The maximum atomic E-state index is 13.0. The minimum atomic E-state index is -0.710. The van der Waals surface area contributed by atoms with Crippen molar-refractivity contribution in [1.82, 2.24) is 0 Å². The van der Waals surface area contributed by atoms with Gasteiger partial charge in [-0.15, -0.1) is 0 Å². The first kappa shape index (κ1) is 23.6. The number of hydrogen-bond donors (Lipinski definition) is 4. The van der Waals surface area contributed by atoms with Gasteiger partial charge in [0.1, 0.15) is 17.1 Å². The van der Waals surface area contributed by atoms with E-state index in [0.717, 1.165) is 5.56 Å². The van der Waals surface area contributed by atoms with E-state index in [-0.39, 0.29) is 45.9 Å². The topological polar surface area (TPSA) is 119 Å². The van der Waals surface area contributed by atoms with Gasteiger partial charge in [0.2, 0.25) is 0 Å². The number of phenolic OH excluding ortho intramolecular Hbond substituents is 2. The Morgan fingerprint density at radius 1 is 0.886 bits per heavy atom. The molecule has 0 radical (unpaired) electrons. The Kier molecular flexibility index (Phi) is 6.55. The summed E-state index contributed by atoms with van der Waals surface area (Å²) in [5.74, 6) is -1.03. The molecule has 8 heteroatoms. The number of carbonyl (C=O) groups excluding carboxylic acids is 1. The molecule has 0 heterocycles. The van der Waals surface area contributed by atoms with E-state index in [1.807, 2.05) is 37.3 Å². The van der Waals surface area contributed by atoms with Crippen LogP contribution in [-0.4, -0.2) is 23.2 Å². The third-order valence-corrected chi connectivity index (χ3v) is 5.91. The Labute approximate surface area is 201 Å². The normalized spacial score (nSPS) is 11.7. The summed E-state index contributed by atoms with van der Waals surface area (Å²) in [7, 11) is 1.48. The van der Waals surface area contributed by atoms with Gasteiger partial charge < -0.3 is 25.7 Å². The van der Waals surface area contributed by atoms with E-state index in [4.69, 9.17) is 0 Å². The van der Waals surface area contributed by atoms with E-state index >= 15 is 0 Å². The summed E-state index contributed by atoms with van der Waals surface area (Å²) in [4.78, 5) is 38.9. The van der Waals surface area contributed by atoms with Crippen LogP contribution in [-0.2, 0) is 0 Å². The molecule has 0 aromatic heterocycles. The second-order valence-electron chi connectivity index (χ2n) is 8.10. The Morgan fingerprint density at radius 3 is 2.23 bits per heavy atom. The molecule has 0 aliphatic rings. The van der Waals surface area contributed by atoms with Gasteiger partial charge in [0, 0.05) is 7.05 Å². The van der Waals surface area contributed by atoms with Gasteiger partial charge >= 0.3 is 0 Å². The van der Waals surface area contributed by atoms with E-state index < -0.39 is 16.8 Å². The fraction of sp³-hybridized carbons (Fsp3) is 0.148. The Bertz CT molecular complexity index is 1440. The Morgan fingerprint density at radius 2 is 1.54 bits per heavy atom. The highest BCUT2D eigenvalue weighted by Crippen LogP contribution is 2.35. The van der Waals surface area contributed by atoms with E-state index in [0.29, 0.717) is 6.42 Å². The average Bonchev–Trinajstić information content (AvgIpc) is 2.89. The minimum absolute atomic E-state index is 0.0262. The van der Waals surface area contributed by atoms with E-state index in [1.165, 1.54) is 30.1 Å². The SMILES string of the molecule is CC[C@@H](Nc1c(Nc2cccc(C(=O)N(C)c3ccccc3O)c2O)c(=O)c1=O)c1ccccc1. The third kappa shape index (κ3) is 4.46. The van der Waals surface area contributed by atoms with Crippen LogP contribution in [0.25, 0.3) is 0 Å². The van der Waals surface area contributed by atoms with Gasteiger partial charge in [0.25, 0.3) is 16.8 Å². The van der Waals surface area contributed by atoms with Crippen LogP contribution in [0.1, 0.15) is 35.3 Å². The molecule has 1 atom stereocenters. The molecular weight excluding hydrogens is 446 g/mol. The number of hydrogen-bond acceptors (Lipinski definition) is 7. The predicted molar refractivity (Wildman–Crippen MR) is 137 cm³/mol. The third-order valence-electron chi connectivity index (χ3n) is 5.91. The molecule has 4 aromatic rings. The lowest BCUT2D eigenvalue weighted by Gasteiger charge is -2.23. The molecule has 0 aliphatic carbocycles. The smallest absolute Gasteiger partial charge is 0.261 e. The highest BCUT2D eigenvalue weighted by Gasteiger charge is 2.26. The van der Waals surface area contributed by atoms with Crippen molar-refractivity contribution in [3.8, 4) is 11.5 Å². The summed E-state index contributed by atoms with van der Waals surface area (Å²) in [5, 5.41) is 26.8. The molecule has 8 nitrogen and oxygen atoms in total. The summed E-state index contributed by atoms with van der Waals surface area (Å²) in [6.45, 7) is 1.96. The van der Waals surface area contributed by atoms with E-state index in [1.54, 1.807) is 24.3 Å². The summed E-state index contributed by atoms with van der Waals surface area (Å²) in [6.07, 6.45) is 0.677. The summed E-state index contributed by atoms with van der Waals surface area (Å²) >= 11 is 0. The van der Waals surface area contributed by atoms with Crippen molar-refractivity contribution in [2.75, 3.05) is 22.6 Å². The quantitative estimate of drug-likeness (QED) is 0.224. The van der Waals surface area contributed by atoms with E-state index in [2.05, 4.69) is 10.6 Å². The van der Waals surface area contributed by atoms with Gasteiger partial charge in [0.15, 0.2) is 5.75 Å². The molecule has 0 bridgehead atoms. The maximum Gasteiger partial charge on any atom is 0.261 e. The zero-order valence-electron chi connectivity index (χ0n) is 19.3. The van der Waals surface area contributed by atoms with E-state index in [9.17, 15) is 24.6 Å². The van der Waals surface area contributed by atoms with Crippen LogP contribution in [0.3, 0.4) is 0 Å². The van der Waals surface area contributed by atoms with Gasteiger partial charge in [-0.2, -0.15) is 0 Å². The first-order valence-electron chi connectivity index (χ1n) is 11.1. The molecule has 0 fully saturated rings. The van der Waals surface area contributed by atoms with Gasteiger partial charge in [0.05, 0.1) is 23.0 Å². The van der Waals surface area contributed by atoms with Crippen molar-refractivity contribution in [3.05, 3.63) is 104 Å². The van der Waals surface area contributed by atoms with Crippen molar-refractivity contribution in [2.24, 2.45) is 0 Å². The molecule has 0 unspecified atom stereocenters. The number of amides is 1. The summed E-state index contributed by atoms with van der Waals surface area (Å²) in [6, 6.07) is 20.2. The van der Waals surface area contributed by atoms with Crippen molar-refractivity contribution < 1.29 is 15.0 Å². The van der Waals surface area contributed by atoms with Crippen LogP contribution < -0.4 is 26.4 Å². The van der Waals surface area contributed by atoms with Gasteiger partial charge in [-0.25, -0.2) is 0 Å². The zero-order chi connectivity index (χ0) is 25.1. The molecule has 35 heavy (non-hydrogen) atoms. The number of phenols is 2. The molecule has 0 aliphatic heterocycles. The molecule has 0 saturated heterocycles. The van der Waals surface area contributed by atoms with Crippen molar-refractivity contribution in [3.63, 3.8) is 0 Å². The van der Waals surface area contributed by atoms with Crippen LogP contribution in [0.4, 0.5) is 22.7 Å². The van der Waals surface area contributed by atoms with Crippen LogP contribution in [0.15, 0.2) is 82.4 Å². The lowest BCUT2D eigenvalue weighted by atomic mass is 10.0. The highest BCUT2D eigenvalue weighted by atomic mass is 16.3. The lowest BCUT2D eigenvalue weighted by Crippen LogP contribution is -2.37. The monoisotopic (exact) mass is 471 g/mol. The van der Waals surface area contributed by atoms with Gasteiger partial charge in [-0.3, -0.25) is 14.4 Å². The standard InChI is InChI=1S/C27H25N3O5/c1-3-18(16-10-5-4-6-11-16)28-22-23(26(34)25(22)33)29-19-13-9-12-17(24(19)32)27(35)30(2)20-14-7-8-15-21(20)31/h4-15,18,28-29,31-32H,3H2,1-2H3/t18-/m1/s1. The van der Waals surface area contributed by atoms with Crippen LogP contribution in [0, 0.1) is 0 Å². The fourth-order valence-corrected chi connectivity index (χ4v) is 3.92. The second-order valence-corrected chi connectivity index (χ2v) is 8.10. The Hall–Kier alpha value is -4.59. The number of para-hydroxylation sites is 3. The number of rotatable bonds is 8. The van der Waals surface area contributed by atoms with Crippen LogP contribution >= 0.6 is 0 Å². The molecule has 178 valence electrons. The minimum Gasteiger partial charge on any atom is -0.506 e. The molecule has 0 saturated carbocycles. The fourth-order valence-electron chi connectivity index (χ4n) is 3.92. The van der Waals surface area contributed by atoms with Crippen LogP contribution in [0.5, 0.6) is 11.5 Å². The first-order valence-corrected chi connectivity index (χ1v) is 11.1. The van der Waals surface area contributed by atoms with Crippen LogP contribution in [0.2, 0.25) is 0 Å². The maximum absolute atomic E-state index is 13.0. The largest absolute Gasteiger partial charge is 0.506 e. The number of carbonyl (C=O) groups is 1. The molecule has 4 rings (SSSR count). The second kappa shape index (κ2) is 9.72. The average molecular weight is 472 g/mol. The lowest BCUT2D eigenvalue weighted by molar-refractivity contribution is 0.0990. The number of nitrogens with zero attached hydrogens (tertiary/aromatic N) is 1. The Balaban J connectivity index is 1.61. The van der Waals surface area contributed by atoms with Crippen molar-refractivity contribution >= 4 is 28.7 Å². The molecule has 4 aromatic carbocycles. The molecule has 4 N–H and O–H groups in total. The van der Waals surface area contributed by atoms with Gasteiger partial charge in [-0.1, -0.05) is 55.5 Å². The van der Waals surface area contributed by atoms with Crippen molar-refractivity contribution in [2.45, 2.75) is 19.4 Å². The highest BCUT2D eigenvalue weighted by molar-refractivity contribution is 6.09. The van der Waals surface area contributed by atoms with Crippen molar-refractivity contribution in [1.29, 1.82) is 0 Å².